The molecule has 1 saturated carbocycles. The first-order chi connectivity index (χ1) is 7.31. The summed E-state index contributed by atoms with van der Waals surface area (Å²) >= 11 is 0. The van der Waals surface area contributed by atoms with Gasteiger partial charge in [-0.05, 0) is 18.4 Å². The van der Waals surface area contributed by atoms with Gasteiger partial charge in [0.05, 0.1) is 13.3 Å². The summed E-state index contributed by atoms with van der Waals surface area (Å²) in [5.41, 5.74) is 7.26. The van der Waals surface area contributed by atoms with Crippen molar-refractivity contribution in [3.8, 4) is 5.75 Å². The first-order valence-electron chi connectivity index (χ1n) is 5.54. The number of aromatic nitrogens is 1. The molecule has 0 aliphatic heterocycles. The van der Waals surface area contributed by atoms with Crippen molar-refractivity contribution in [2.75, 3.05) is 7.11 Å². The van der Waals surface area contributed by atoms with Gasteiger partial charge in [-0.1, -0.05) is 19.3 Å². The Morgan fingerprint density at radius 3 is 3.00 bits per heavy atom. The standard InChI is InChI=1S/C12H18N2O/c1-15-12-8-14-6-5-10(12)11(13)7-9-3-2-4-9/h5-6,8-9,11H,2-4,7,13H2,1H3. The van der Waals surface area contributed by atoms with Crippen molar-refractivity contribution >= 4 is 0 Å². The number of ether oxygens (including phenoxy) is 1. The summed E-state index contributed by atoms with van der Waals surface area (Å²) in [5, 5.41) is 0. The fraction of sp³-hybridized carbons (Fsp3) is 0.583. The maximum absolute atomic E-state index is 6.17. The molecule has 82 valence electrons. The van der Waals surface area contributed by atoms with Crippen LogP contribution in [0.3, 0.4) is 0 Å². The minimum atomic E-state index is 0.0910. The van der Waals surface area contributed by atoms with Crippen molar-refractivity contribution in [1.82, 2.24) is 4.98 Å². The second-order valence-corrected chi connectivity index (χ2v) is 4.26. The highest BCUT2D eigenvalue weighted by Crippen LogP contribution is 2.35. The molecule has 1 atom stereocenters. The van der Waals surface area contributed by atoms with E-state index in [1.54, 1.807) is 19.5 Å². The molecular formula is C12H18N2O. The highest BCUT2D eigenvalue weighted by Gasteiger charge is 2.22. The lowest BCUT2D eigenvalue weighted by molar-refractivity contribution is 0.275. The van der Waals surface area contributed by atoms with E-state index in [9.17, 15) is 0 Å². The van der Waals surface area contributed by atoms with E-state index in [2.05, 4.69) is 4.98 Å². The van der Waals surface area contributed by atoms with Gasteiger partial charge >= 0.3 is 0 Å². The number of nitrogens with zero attached hydrogens (tertiary/aromatic N) is 1. The van der Waals surface area contributed by atoms with E-state index in [0.717, 1.165) is 23.7 Å². The Morgan fingerprint density at radius 1 is 1.60 bits per heavy atom. The SMILES string of the molecule is COc1cnccc1C(N)CC1CCC1. The van der Waals surface area contributed by atoms with Crippen LogP contribution in [0.1, 0.15) is 37.3 Å². The summed E-state index contributed by atoms with van der Waals surface area (Å²) in [4.78, 5) is 4.03. The molecule has 15 heavy (non-hydrogen) atoms. The van der Waals surface area contributed by atoms with E-state index in [1.807, 2.05) is 6.07 Å². The lowest BCUT2D eigenvalue weighted by Gasteiger charge is -2.28. The lowest BCUT2D eigenvalue weighted by atomic mass is 9.80. The van der Waals surface area contributed by atoms with Crippen LogP contribution in [0.5, 0.6) is 5.75 Å². The van der Waals surface area contributed by atoms with Gasteiger partial charge < -0.3 is 10.5 Å². The smallest absolute Gasteiger partial charge is 0.141 e. The zero-order valence-corrected chi connectivity index (χ0v) is 9.15. The van der Waals surface area contributed by atoms with Crippen LogP contribution in [0.2, 0.25) is 0 Å². The van der Waals surface area contributed by atoms with Crippen LogP contribution in [0.4, 0.5) is 0 Å². The molecule has 0 aromatic carbocycles. The lowest BCUT2D eigenvalue weighted by Crippen LogP contribution is -2.20. The van der Waals surface area contributed by atoms with Gasteiger partial charge in [-0.25, -0.2) is 0 Å². The third kappa shape index (κ3) is 2.29. The fourth-order valence-electron chi connectivity index (χ4n) is 2.08. The number of nitrogens with two attached hydrogens (primary N) is 1. The van der Waals surface area contributed by atoms with E-state index in [0.29, 0.717) is 0 Å². The molecule has 1 aliphatic carbocycles. The van der Waals surface area contributed by atoms with Crippen molar-refractivity contribution in [2.45, 2.75) is 31.7 Å². The molecule has 1 heterocycles. The molecule has 1 unspecified atom stereocenters. The molecule has 2 N–H and O–H groups in total. The fourth-order valence-corrected chi connectivity index (χ4v) is 2.08. The minimum absolute atomic E-state index is 0.0910. The van der Waals surface area contributed by atoms with E-state index in [1.165, 1.54) is 19.3 Å². The van der Waals surface area contributed by atoms with Crippen LogP contribution in [-0.2, 0) is 0 Å². The van der Waals surface area contributed by atoms with E-state index >= 15 is 0 Å². The zero-order chi connectivity index (χ0) is 10.7. The Bertz CT molecular complexity index is 323. The molecule has 1 fully saturated rings. The van der Waals surface area contributed by atoms with Gasteiger partial charge in [0.15, 0.2) is 0 Å². The summed E-state index contributed by atoms with van der Waals surface area (Å²) in [6.45, 7) is 0. The van der Waals surface area contributed by atoms with Gasteiger partial charge in [0.2, 0.25) is 0 Å². The van der Waals surface area contributed by atoms with E-state index in [-0.39, 0.29) is 6.04 Å². The summed E-state index contributed by atoms with van der Waals surface area (Å²) in [5.74, 6) is 1.63. The summed E-state index contributed by atoms with van der Waals surface area (Å²) in [7, 11) is 1.66. The maximum Gasteiger partial charge on any atom is 0.141 e. The average Bonchev–Trinajstić information content (AvgIpc) is 2.23. The molecule has 1 aromatic rings. The Kier molecular flexibility index (Phi) is 3.21. The number of methoxy groups -OCH3 is 1. The van der Waals surface area contributed by atoms with Crippen molar-refractivity contribution in [3.05, 3.63) is 24.0 Å². The summed E-state index contributed by atoms with van der Waals surface area (Å²) < 4.78 is 5.26. The molecule has 1 aromatic heterocycles. The van der Waals surface area contributed by atoms with Crippen LogP contribution >= 0.6 is 0 Å². The number of rotatable bonds is 4. The third-order valence-electron chi connectivity index (χ3n) is 3.25. The van der Waals surface area contributed by atoms with Crippen LogP contribution in [0.25, 0.3) is 0 Å². The Balaban J connectivity index is 2.05. The molecule has 1 aliphatic rings. The van der Waals surface area contributed by atoms with Gasteiger partial charge in [-0.15, -0.1) is 0 Å². The van der Waals surface area contributed by atoms with Crippen molar-refractivity contribution in [3.63, 3.8) is 0 Å². The molecule has 2 rings (SSSR count). The van der Waals surface area contributed by atoms with Crippen LogP contribution in [0, 0.1) is 5.92 Å². The molecule has 3 heteroatoms. The quantitative estimate of drug-likeness (QED) is 0.822. The summed E-state index contributed by atoms with van der Waals surface area (Å²) in [6.07, 6.45) is 8.61. The van der Waals surface area contributed by atoms with Crippen molar-refractivity contribution in [1.29, 1.82) is 0 Å². The average molecular weight is 206 g/mol. The van der Waals surface area contributed by atoms with Crippen molar-refractivity contribution in [2.24, 2.45) is 11.7 Å². The van der Waals surface area contributed by atoms with Gasteiger partial charge in [0.1, 0.15) is 5.75 Å². The van der Waals surface area contributed by atoms with E-state index < -0.39 is 0 Å². The predicted molar refractivity (Wildman–Crippen MR) is 59.7 cm³/mol. The second-order valence-electron chi connectivity index (χ2n) is 4.26. The van der Waals surface area contributed by atoms with Gasteiger partial charge in [0, 0.05) is 17.8 Å². The summed E-state index contributed by atoms with van der Waals surface area (Å²) in [6, 6.07) is 2.05. The Morgan fingerprint density at radius 2 is 2.40 bits per heavy atom. The first kappa shape index (κ1) is 10.4. The largest absolute Gasteiger partial charge is 0.495 e. The topological polar surface area (TPSA) is 48.1 Å². The predicted octanol–water partition coefficient (Wildman–Crippen LogP) is 2.28. The molecule has 0 saturated heterocycles. The van der Waals surface area contributed by atoms with Crippen LogP contribution < -0.4 is 10.5 Å². The normalized spacial score (nSPS) is 18.3. The number of hydrogen-bond acceptors (Lipinski definition) is 3. The second kappa shape index (κ2) is 4.62. The first-order valence-corrected chi connectivity index (χ1v) is 5.54. The van der Waals surface area contributed by atoms with Gasteiger partial charge in [-0.3, -0.25) is 4.98 Å². The highest BCUT2D eigenvalue weighted by atomic mass is 16.5. The zero-order valence-electron chi connectivity index (χ0n) is 9.15. The van der Waals surface area contributed by atoms with Crippen LogP contribution in [0.15, 0.2) is 18.5 Å². The molecule has 0 radical (unpaired) electrons. The molecule has 0 bridgehead atoms. The van der Waals surface area contributed by atoms with E-state index in [4.69, 9.17) is 10.5 Å². The Hall–Kier alpha value is -1.09. The maximum atomic E-state index is 6.17. The van der Waals surface area contributed by atoms with Gasteiger partial charge in [0.25, 0.3) is 0 Å². The molecule has 3 nitrogen and oxygen atoms in total. The molecule has 0 spiro atoms. The monoisotopic (exact) mass is 206 g/mol. The van der Waals surface area contributed by atoms with Crippen molar-refractivity contribution < 1.29 is 4.74 Å². The Labute approximate surface area is 90.7 Å². The third-order valence-corrected chi connectivity index (χ3v) is 3.25. The molecular weight excluding hydrogens is 188 g/mol. The number of pyridine rings is 1. The number of hydrogen-bond donors (Lipinski definition) is 1. The highest BCUT2D eigenvalue weighted by molar-refractivity contribution is 5.32. The van der Waals surface area contributed by atoms with Gasteiger partial charge in [-0.2, -0.15) is 0 Å². The molecule has 0 amide bonds. The van der Waals surface area contributed by atoms with Crippen LogP contribution in [-0.4, -0.2) is 12.1 Å². The minimum Gasteiger partial charge on any atom is -0.495 e.